The number of nitrogens with one attached hydrogen (secondary N) is 1. The van der Waals surface area contributed by atoms with Crippen molar-refractivity contribution in [3.63, 3.8) is 0 Å². The zero-order valence-corrected chi connectivity index (χ0v) is 13.7. The highest BCUT2D eigenvalue weighted by atomic mass is 32.2. The van der Waals surface area contributed by atoms with Gasteiger partial charge in [-0.1, -0.05) is 23.9 Å². The quantitative estimate of drug-likeness (QED) is 0.810. The van der Waals surface area contributed by atoms with Crippen LogP contribution in [-0.2, 0) is 6.54 Å². The Morgan fingerprint density at radius 1 is 1.09 bits per heavy atom. The second-order valence-corrected chi connectivity index (χ2v) is 6.21. The van der Waals surface area contributed by atoms with Crippen LogP contribution < -0.4 is 10.2 Å². The number of anilines is 1. The lowest BCUT2D eigenvalue weighted by molar-refractivity contribution is 0.0951. The fraction of sp³-hybridized carbons (Fsp3) is 0.235. The molecule has 2 rings (SSSR count). The third-order valence-corrected chi connectivity index (χ3v) is 3.97. The van der Waals surface area contributed by atoms with Gasteiger partial charge in [0, 0.05) is 36.8 Å². The van der Waals surface area contributed by atoms with Crippen molar-refractivity contribution in [3.8, 4) is 0 Å². The Kier molecular flexibility index (Phi) is 5.98. The molecule has 122 valence electrons. The maximum Gasteiger partial charge on any atom is 0.288 e. The molecule has 1 amide bonds. The summed E-state index contributed by atoms with van der Waals surface area (Å²) in [5.74, 6) is -2.69. The number of hydrogen-bond donors (Lipinski definition) is 1. The van der Waals surface area contributed by atoms with Gasteiger partial charge in [0.15, 0.2) is 0 Å². The van der Waals surface area contributed by atoms with E-state index in [4.69, 9.17) is 0 Å². The zero-order valence-electron chi connectivity index (χ0n) is 12.9. The fourth-order valence-electron chi connectivity index (χ4n) is 1.98. The Labute approximate surface area is 138 Å². The normalized spacial score (nSPS) is 10.7. The van der Waals surface area contributed by atoms with E-state index >= 15 is 0 Å². The standard InChI is InChI=1S/C17H18F2N2OS/c1-21(2)14-7-3-12(4-8-14)11-20-16(22)13-5-9-15(10-6-13)23-17(18)19/h3-10,17H,11H2,1-2H3,(H,20,22). The van der Waals surface area contributed by atoms with Crippen LogP contribution in [0.3, 0.4) is 0 Å². The van der Waals surface area contributed by atoms with Crippen molar-refractivity contribution in [2.24, 2.45) is 0 Å². The monoisotopic (exact) mass is 336 g/mol. The molecule has 0 fully saturated rings. The van der Waals surface area contributed by atoms with Crippen LogP contribution in [0.1, 0.15) is 15.9 Å². The van der Waals surface area contributed by atoms with Crippen LogP contribution in [-0.4, -0.2) is 25.8 Å². The smallest absolute Gasteiger partial charge is 0.288 e. The summed E-state index contributed by atoms with van der Waals surface area (Å²) in [7, 11) is 3.93. The number of carbonyl (C=O) groups is 1. The first-order chi connectivity index (χ1) is 11.0. The molecule has 3 nitrogen and oxygen atoms in total. The van der Waals surface area contributed by atoms with Crippen LogP contribution >= 0.6 is 11.8 Å². The van der Waals surface area contributed by atoms with Gasteiger partial charge in [0.05, 0.1) is 0 Å². The number of amides is 1. The van der Waals surface area contributed by atoms with Crippen molar-refractivity contribution in [1.82, 2.24) is 5.32 Å². The van der Waals surface area contributed by atoms with Crippen molar-refractivity contribution in [2.45, 2.75) is 17.2 Å². The lowest BCUT2D eigenvalue weighted by atomic mass is 10.2. The van der Waals surface area contributed by atoms with Gasteiger partial charge in [-0.2, -0.15) is 8.78 Å². The van der Waals surface area contributed by atoms with E-state index in [1.807, 2.05) is 43.3 Å². The van der Waals surface area contributed by atoms with E-state index in [0.717, 1.165) is 11.3 Å². The van der Waals surface area contributed by atoms with Crippen molar-refractivity contribution in [3.05, 3.63) is 59.7 Å². The van der Waals surface area contributed by atoms with Crippen molar-refractivity contribution >= 4 is 23.4 Å². The third kappa shape index (κ3) is 5.25. The third-order valence-electron chi connectivity index (χ3n) is 3.25. The highest BCUT2D eigenvalue weighted by Crippen LogP contribution is 2.25. The number of nitrogens with zero attached hydrogens (tertiary/aromatic N) is 1. The van der Waals surface area contributed by atoms with E-state index < -0.39 is 5.76 Å². The summed E-state index contributed by atoms with van der Waals surface area (Å²) in [5.41, 5.74) is 2.54. The number of rotatable bonds is 6. The lowest BCUT2D eigenvalue weighted by Gasteiger charge is -2.13. The summed E-state index contributed by atoms with van der Waals surface area (Å²) in [6.45, 7) is 0.417. The number of benzene rings is 2. The Hall–Kier alpha value is -2.08. The predicted molar refractivity (Wildman–Crippen MR) is 90.2 cm³/mol. The van der Waals surface area contributed by atoms with Gasteiger partial charge in [-0.3, -0.25) is 4.79 Å². The van der Waals surface area contributed by atoms with Crippen LogP contribution in [0.15, 0.2) is 53.4 Å². The minimum atomic E-state index is -2.46. The molecule has 0 radical (unpaired) electrons. The molecule has 0 spiro atoms. The molecule has 0 saturated carbocycles. The van der Waals surface area contributed by atoms with E-state index in [0.29, 0.717) is 28.8 Å². The molecule has 0 heterocycles. The van der Waals surface area contributed by atoms with Crippen molar-refractivity contribution in [1.29, 1.82) is 0 Å². The summed E-state index contributed by atoms with van der Waals surface area (Å²) >= 11 is 0.464. The average Bonchev–Trinajstić information content (AvgIpc) is 2.53. The zero-order chi connectivity index (χ0) is 16.8. The summed E-state index contributed by atoms with van der Waals surface area (Å²) in [6.07, 6.45) is 0. The molecule has 0 bridgehead atoms. The van der Waals surface area contributed by atoms with E-state index in [9.17, 15) is 13.6 Å². The van der Waals surface area contributed by atoms with Crippen LogP contribution in [0.5, 0.6) is 0 Å². The van der Waals surface area contributed by atoms with Crippen LogP contribution in [0.2, 0.25) is 0 Å². The number of thioether (sulfide) groups is 1. The molecular formula is C17H18F2N2OS. The first-order valence-corrected chi connectivity index (χ1v) is 7.93. The van der Waals surface area contributed by atoms with Gasteiger partial charge < -0.3 is 10.2 Å². The maximum atomic E-state index is 12.2. The fourth-order valence-corrected chi connectivity index (χ4v) is 2.48. The minimum absolute atomic E-state index is 0.227. The molecule has 2 aromatic rings. The van der Waals surface area contributed by atoms with Gasteiger partial charge >= 0.3 is 0 Å². The summed E-state index contributed by atoms with van der Waals surface area (Å²) in [4.78, 5) is 14.5. The molecule has 0 saturated heterocycles. The molecule has 0 aliphatic rings. The first-order valence-electron chi connectivity index (χ1n) is 7.05. The summed E-state index contributed by atoms with van der Waals surface area (Å²) in [6, 6.07) is 14.0. The van der Waals surface area contributed by atoms with E-state index in [-0.39, 0.29) is 5.91 Å². The van der Waals surface area contributed by atoms with Crippen LogP contribution in [0, 0.1) is 0 Å². The minimum Gasteiger partial charge on any atom is -0.378 e. The van der Waals surface area contributed by atoms with Gasteiger partial charge in [-0.25, -0.2) is 0 Å². The average molecular weight is 336 g/mol. The molecule has 23 heavy (non-hydrogen) atoms. The molecular weight excluding hydrogens is 318 g/mol. The van der Waals surface area contributed by atoms with Crippen LogP contribution in [0.25, 0.3) is 0 Å². The number of alkyl halides is 2. The van der Waals surface area contributed by atoms with Crippen molar-refractivity contribution < 1.29 is 13.6 Å². The van der Waals surface area contributed by atoms with E-state index in [2.05, 4.69) is 5.32 Å². The van der Waals surface area contributed by atoms with E-state index in [1.165, 1.54) is 12.1 Å². The Morgan fingerprint density at radius 2 is 1.70 bits per heavy atom. The van der Waals surface area contributed by atoms with Crippen LogP contribution in [0.4, 0.5) is 14.5 Å². The van der Waals surface area contributed by atoms with Crippen molar-refractivity contribution in [2.75, 3.05) is 19.0 Å². The molecule has 2 aromatic carbocycles. The molecule has 0 atom stereocenters. The predicted octanol–water partition coefficient (Wildman–Crippen LogP) is 4.00. The number of hydrogen-bond acceptors (Lipinski definition) is 3. The SMILES string of the molecule is CN(C)c1ccc(CNC(=O)c2ccc(SC(F)F)cc2)cc1. The second kappa shape index (κ2) is 7.97. The number of halogens is 2. The first kappa shape index (κ1) is 17.3. The van der Waals surface area contributed by atoms with Gasteiger partial charge in [-0.05, 0) is 42.0 Å². The van der Waals surface area contributed by atoms with Gasteiger partial charge in [0.2, 0.25) is 0 Å². The largest absolute Gasteiger partial charge is 0.378 e. The van der Waals surface area contributed by atoms with Gasteiger partial charge in [-0.15, -0.1) is 0 Å². The molecule has 0 unspecified atom stereocenters. The van der Waals surface area contributed by atoms with Gasteiger partial charge in [0.1, 0.15) is 0 Å². The maximum absolute atomic E-state index is 12.2. The molecule has 1 N–H and O–H groups in total. The van der Waals surface area contributed by atoms with E-state index in [1.54, 1.807) is 12.1 Å². The Balaban J connectivity index is 1.91. The topological polar surface area (TPSA) is 32.3 Å². The molecule has 0 aliphatic heterocycles. The summed E-state index contributed by atoms with van der Waals surface area (Å²) < 4.78 is 24.5. The second-order valence-electron chi connectivity index (χ2n) is 5.15. The van der Waals surface area contributed by atoms with Gasteiger partial charge in [0.25, 0.3) is 11.7 Å². The lowest BCUT2D eigenvalue weighted by Crippen LogP contribution is -2.22. The highest BCUT2D eigenvalue weighted by Gasteiger charge is 2.08. The molecule has 6 heteroatoms. The Morgan fingerprint density at radius 3 is 2.22 bits per heavy atom. The highest BCUT2D eigenvalue weighted by molar-refractivity contribution is 7.99. The molecule has 0 aromatic heterocycles. The number of carbonyl (C=O) groups excluding carboxylic acids is 1. The Bertz CT molecular complexity index is 643. The summed E-state index contributed by atoms with van der Waals surface area (Å²) in [5, 5.41) is 2.82. The molecule has 0 aliphatic carbocycles.